The summed E-state index contributed by atoms with van der Waals surface area (Å²) in [5.41, 5.74) is 2.81. The summed E-state index contributed by atoms with van der Waals surface area (Å²) >= 11 is 0. The molecule has 1 N–H and O–H groups in total. The maximum atomic E-state index is 10.8. The number of rotatable bonds is 7. The average Bonchev–Trinajstić information content (AvgIpc) is 2.55. The predicted molar refractivity (Wildman–Crippen MR) is 103 cm³/mol. The first-order valence-electron chi connectivity index (χ1n) is 8.80. The van der Waals surface area contributed by atoms with Crippen LogP contribution in [-0.2, 0) is 18.3 Å². The fourth-order valence-electron chi connectivity index (χ4n) is 3.33. The van der Waals surface area contributed by atoms with Crippen LogP contribution in [0, 0.1) is 5.92 Å². The lowest BCUT2D eigenvalue weighted by molar-refractivity contribution is 0.388. The summed E-state index contributed by atoms with van der Waals surface area (Å²) in [6.45, 7) is 8.64. The minimum Gasteiger partial charge on any atom is -0.507 e. The molecule has 136 valence electrons. The number of ether oxygens (including phenoxy) is 2. The van der Waals surface area contributed by atoms with E-state index in [0.29, 0.717) is 11.7 Å². The van der Waals surface area contributed by atoms with E-state index in [2.05, 4.69) is 27.7 Å². The van der Waals surface area contributed by atoms with E-state index < -0.39 is 0 Å². The molecule has 0 fully saturated rings. The Morgan fingerprint density at radius 3 is 2.32 bits per heavy atom. The largest absolute Gasteiger partial charge is 0.507 e. The lowest BCUT2D eigenvalue weighted by Gasteiger charge is -2.28. The number of benzene rings is 2. The van der Waals surface area contributed by atoms with E-state index in [1.54, 1.807) is 14.2 Å². The minimum absolute atomic E-state index is 0.239. The highest BCUT2D eigenvalue weighted by Gasteiger charge is 2.27. The molecule has 0 bridgehead atoms. The summed E-state index contributed by atoms with van der Waals surface area (Å²) in [6, 6.07) is 11.9. The quantitative estimate of drug-likeness (QED) is 0.758. The van der Waals surface area contributed by atoms with Gasteiger partial charge in [0.2, 0.25) is 0 Å². The number of methoxy groups -OCH3 is 2. The summed E-state index contributed by atoms with van der Waals surface area (Å²) < 4.78 is 10.9. The van der Waals surface area contributed by atoms with Crippen LogP contribution in [0.2, 0.25) is 0 Å². The third-order valence-electron chi connectivity index (χ3n) is 4.60. The zero-order chi connectivity index (χ0) is 18.6. The van der Waals surface area contributed by atoms with E-state index >= 15 is 0 Å². The molecule has 3 nitrogen and oxygen atoms in total. The molecule has 3 heteroatoms. The lowest BCUT2D eigenvalue weighted by atomic mass is 9.77. The van der Waals surface area contributed by atoms with Gasteiger partial charge in [0, 0.05) is 5.56 Å². The number of hydrogen-bond donors (Lipinski definition) is 1. The molecular weight excluding hydrogens is 312 g/mol. The van der Waals surface area contributed by atoms with Crippen molar-refractivity contribution in [3.05, 3.63) is 53.1 Å². The van der Waals surface area contributed by atoms with Gasteiger partial charge in [-0.1, -0.05) is 45.9 Å². The van der Waals surface area contributed by atoms with Gasteiger partial charge in [-0.2, -0.15) is 0 Å². The van der Waals surface area contributed by atoms with Gasteiger partial charge in [-0.15, -0.1) is 0 Å². The molecular formula is C22H30O3. The molecule has 0 aliphatic heterocycles. The molecule has 0 saturated carbocycles. The van der Waals surface area contributed by atoms with Gasteiger partial charge in [0.15, 0.2) is 0 Å². The van der Waals surface area contributed by atoms with Gasteiger partial charge in [0.05, 0.1) is 14.2 Å². The molecule has 0 spiro atoms. The van der Waals surface area contributed by atoms with Crippen molar-refractivity contribution in [2.75, 3.05) is 14.2 Å². The molecule has 0 saturated heterocycles. The Morgan fingerprint density at radius 2 is 1.72 bits per heavy atom. The molecule has 2 rings (SSSR count). The zero-order valence-electron chi connectivity index (χ0n) is 16.2. The number of phenols is 1. The molecule has 2 aromatic carbocycles. The van der Waals surface area contributed by atoms with Crippen molar-refractivity contribution in [1.29, 1.82) is 0 Å². The van der Waals surface area contributed by atoms with Gasteiger partial charge in [-0.25, -0.2) is 0 Å². The van der Waals surface area contributed by atoms with Crippen LogP contribution in [0.15, 0.2) is 36.4 Å². The van der Waals surface area contributed by atoms with Crippen LogP contribution in [-0.4, -0.2) is 19.3 Å². The minimum atomic E-state index is -0.239. The zero-order valence-corrected chi connectivity index (χ0v) is 16.2. The van der Waals surface area contributed by atoms with Crippen molar-refractivity contribution < 1.29 is 14.6 Å². The van der Waals surface area contributed by atoms with Gasteiger partial charge in [-0.05, 0) is 53.5 Å². The molecule has 0 radical (unpaired) electrons. The Morgan fingerprint density at radius 1 is 1.00 bits per heavy atom. The second-order valence-corrected chi connectivity index (χ2v) is 7.65. The monoisotopic (exact) mass is 342 g/mol. The highest BCUT2D eigenvalue weighted by atomic mass is 16.5. The summed E-state index contributed by atoms with van der Waals surface area (Å²) in [5.74, 6) is 2.57. The van der Waals surface area contributed by atoms with Crippen molar-refractivity contribution in [1.82, 2.24) is 0 Å². The van der Waals surface area contributed by atoms with Crippen LogP contribution in [0.5, 0.6) is 17.2 Å². The van der Waals surface area contributed by atoms with Crippen LogP contribution in [0.1, 0.15) is 44.4 Å². The molecule has 25 heavy (non-hydrogen) atoms. The number of aromatic hydroxyl groups is 1. The maximum absolute atomic E-state index is 10.8. The van der Waals surface area contributed by atoms with Crippen LogP contribution < -0.4 is 9.47 Å². The smallest absolute Gasteiger partial charge is 0.122 e. The van der Waals surface area contributed by atoms with Crippen molar-refractivity contribution in [3.8, 4) is 17.2 Å². The van der Waals surface area contributed by atoms with Crippen molar-refractivity contribution in [3.63, 3.8) is 0 Å². The van der Waals surface area contributed by atoms with Crippen LogP contribution in [0.25, 0.3) is 0 Å². The lowest BCUT2D eigenvalue weighted by Crippen LogP contribution is -2.21. The Balaban J connectivity index is 2.40. The van der Waals surface area contributed by atoms with E-state index in [1.165, 1.54) is 0 Å². The molecule has 0 atom stereocenters. The first-order valence-corrected chi connectivity index (χ1v) is 8.80. The molecule has 0 unspecified atom stereocenters. The Bertz CT molecular complexity index is 717. The van der Waals surface area contributed by atoms with Gasteiger partial charge in [0.1, 0.15) is 17.2 Å². The van der Waals surface area contributed by atoms with Gasteiger partial charge < -0.3 is 14.6 Å². The molecule has 0 amide bonds. The summed E-state index contributed by atoms with van der Waals surface area (Å²) in [5, 5.41) is 10.8. The topological polar surface area (TPSA) is 38.7 Å². The molecule has 2 aromatic rings. The van der Waals surface area contributed by atoms with E-state index in [1.807, 2.05) is 36.4 Å². The van der Waals surface area contributed by atoms with Crippen LogP contribution >= 0.6 is 0 Å². The highest BCUT2D eigenvalue weighted by molar-refractivity contribution is 5.47. The maximum Gasteiger partial charge on any atom is 0.122 e. The van der Waals surface area contributed by atoms with Crippen LogP contribution in [0.3, 0.4) is 0 Å². The SMILES string of the molecule is COc1ccc(OC)c(CC(C)(C)c2cccc(CC(C)C)c2O)c1. The van der Waals surface area contributed by atoms with Gasteiger partial charge >= 0.3 is 0 Å². The summed E-state index contributed by atoms with van der Waals surface area (Å²) in [7, 11) is 3.34. The normalized spacial score (nSPS) is 11.6. The molecule has 0 aromatic heterocycles. The van der Waals surface area contributed by atoms with Crippen molar-refractivity contribution in [2.24, 2.45) is 5.92 Å². The van der Waals surface area contributed by atoms with Crippen LogP contribution in [0.4, 0.5) is 0 Å². The first kappa shape index (κ1) is 19.2. The van der Waals surface area contributed by atoms with Crippen molar-refractivity contribution >= 4 is 0 Å². The third kappa shape index (κ3) is 4.47. The summed E-state index contributed by atoms with van der Waals surface area (Å²) in [6.07, 6.45) is 1.62. The Hall–Kier alpha value is -2.16. The fourth-order valence-corrected chi connectivity index (χ4v) is 3.33. The van der Waals surface area contributed by atoms with Gasteiger partial charge in [0.25, 0.3) is 0 Å². The van der Waals surface area contributed by atoms with E-state index in [0.717, 1.165) is 41.0 Å². The molecule has 0 aliphatic carbocycles. The van der Waals surface area contributed by atoms with E-state index in [9.17, 15) is 5.11 Å². The molecule has 0 aliphatic rings. The number of hydrogen-bond acceptors (Lipinski definition) is 3. The second kappa shape index (κ2) is 7.81. The Kier molecular flexibility index (Phi) is 5.99. The second-order valence-electron chi connectivity index (χ2n) is 7.65. The summed E-state index contributed by atoms with van der Waals surface area (Å²) in [4.78, 5) is 0. The Labute approximate surface area is 151 Å². The highest BCUT2D eigenvalue weighted by Crippen LogP contribution is 2.39. The van der Waals surface area contributed by atoms with E-state index in [-0.39, 0.29) is 5.41 Å². The molecule has 0 heterocycles. The number of para-hydroxylation sites is 1. The fraction of sp³-hybridized carbons (Fsp3) is 0.455. The first-order chi connectivity index (χ1) is 11.8. The van der Waals surface area contributed by atoms with Crippen molar-refractivity contribution in [2.45, 2.75) is 46.0 Å². The third-order valence-corrected chi connectivity index (χ3v) is 4.60. The van der Waals surface area contributed by atoms with E-state index in [4.69, 9.17) is 9.47 Å². The van der Waals surface area contributed by atoms with Gasteiger partial charge in [-0.3, -0.25) is 0 Å². The number of phenolic OH excluding ortho intramolecular Hbond substituents is 1. The average molecular weight is 342 g/mol. The standard InChI is InChI=1S/C22H30O3/c1-15(2)12-16-8-7-9-19(21(16)23)22(3,4)14-17-13-18(24-5)10-11-20(17)25-6/h7-11,13,15,23H,12,14H2,1-6H3. The predicted octanol–water partition coefficient (Wildman–Crippen LogP) is 5.13.